The van der Waals surface area contributed by atoms with E-state index < -0.39 is 0 Å². The van der Waals surface area contributed by atoms with Crippen LogP contribution >= 0.6 is 0 Å². The fourth-order valence-electron chi connectivity index (χ4n) is 3.98. The molecule has 2 nitrogen and oxygen atoms in total. The number of benzene rings is 1. The summed E-state index contributed by atoms with van der Waals surface area (Å²) in [5.41, 5.74) is 7.60. The molecular formula is C19H32N2. The maximum Gasteiger partial charge on any atom is 0.0144 e. The van der Waals surface area contributed by atoms with Crippen molar-refractivity contribution in [1.82, 2.24) is 4.90 Å². The summed E-state index contributed by atoms with van der Waals surface area (Å²) in [6, 6.07) is 12.3. The van der Waals surface area contributed by atoms with Crippen molar-refractivity contribution in [2.45, 2.75) is 64.5 Å². The van der Waals surface area contributed by atoms with E-state index in [2.05, 4.69) is 56.0 Å². The summed E-state index contributed by atoms with van der Waals surface area (Å²) >= 11 is 0. The van der Waals surface area contributed by atoms with Gasteiger partial charge < -0.3 is 5.73 Å². The standard InChI is InChI=1S/C19H32N2/c1-4-12-21(15(2)3)19-13-17(10-11-18(19)14-20)16-8-6-5-7-9-16/h5-9,15,17-19H,4,10-14,20H2,1-3H3. The molecule has 2 N–H and O–H groups in total. The molecule has 0 spiro atoms. The van der Waals surface area contributed by atoms with Gasteiger partial charge in [-0.1, -0.05) is 37.3 Å². The molecule has 1 aliphatic carbocycles. The third-order valence-electron chi connectivity index (χ3n) is 5.10. The molecule has 21 heavy (non-hydrogen) atoms. The summed E-state index contributed by atoms with van der Waals surface area (Å²) in [4.78, 5) is 2.70. The number of rotatable bonds is 6. The van der Waals surface area contributed by atoms with Crippen molar-refractivity contribution >= 4 is 0 Å². The lowest BCUT2D eigenvalue weighted by atomic mass is 9.74. The Morgan fingerprint density at radius 2 is 1.90 bits per heavy atom. The monoisotopic (exact) mass is 288 g/mol. The van der Waals surface area contributed by atoms with Crippen LogP contribution in [0.15, 0.2) is 30.3 Å². The lowest BCUT2D eigenvalue weighted by Gasteiger charge is -2.44. The molecule has 3 atom stereocenters. The van der Waals surface area contributed by atoms with Crippen LogP contribution in [-0.2, 0) is 0 Å². The third-order valence-corrected chi connectivity index (χ3v) is 5.10. The van der Waals surface area contributed by atoms with Crippen LogP contribution in [0.3, 0.4) is 0 Å². The number of nitrogens with two attached hydrogens (primary N) is 1. The van der Waals surface area contributed by atoms with E-state index in [1.54, 1.807) is 0 Å². The quantitative estimate of drug-likeness (QED) is 0.856. The van der Waals surface area contributed by atoms with Crippen molar-refractivity contribution in [2.75, 3.05) is 13.1 Å². The largest absolute Gasteiger partial charge is 0.330 e. The first kappa shape index (κ1) is 16.5. The molecule has 0 radical (unpaired) electrons. The Morgan fingerprint density at radius 1 is 1.19 bits per heavy atom. The van der Waals surface area contributed by atoms with E-state index in [1.807, 2.05) is 0 Å². The normalized spacial score (nSPS) is 26.5. The molecule has 118 valence electrons. The van der Waals surface area contributed by atoms with Gasteiger partial charge in [-0.2, -0.15) is 0 Å². The molecule has 1 aromatic carbocycles. The van der Waals surface area contributed by atoms with E-state index in [0.29, 0.717) is 23.9 Å². The second kappa shape index (κ2) is 7.95. The maximum absolute atomic E-state index is 6.09. The van der Waals surface area contributed by atoms with Crippen molar-refractivity contribution in [3.63, 3.8) is 0 Å². The highest BCUT2D eigenvalue weighted by Crippen LogP contribution is 2.38. The van der Waals surface area contributed by atoms with Gasteiger partial charge in [-0.05, 0) is 70.0 Å². The van der Waals surface area contributed by atoms with E-state index in [0.717, 1.165) is 6.54 Å². The topological polar surface area (TPSA) is 29.3 Å². The summed E-state index contributed by atoms with van der Waals surface area (Å²) in [6.07, 6.45) is 5.06. The number of nitrogens with zero attached hydrogens (tertiary/aromatic N) is 1. The molecule has 1 saturated carbocycles. The number of hydrogen-bond donors (Lipinski definition) is 1. The molecule has 0 saturated heterocycles. The van der Waals surface area contributed by atoms with Gasteiger partial charge in [0.15, 0.2) is 0 Å². The molecule has 2 rings (SSSR count). The zero-order valence-corrected chi connectivity index (χ0v) is 14.0. The van der Waals surface area contributed by atoms with Crippen molar-refractivity contribution in [3.8, 4) is 0 Å². The average Bonchev–Trinajstić information content (AvgIpc) is 2.52. The minimum Gasteiger partial charge on any atom is -0.330 e. The van der Waals surface area contributed by atoms with Crippen LogP contribution in [0, 0.1) is 5.92 Å². The Labute approximate surface area is 130 Å². The summed E-state index contributed by atoms with van der Waals surface area (Å²) in [5.74, 6) is 1.37. The second-order valence-corrected chi connectivity index (χ2v) is 6.82. The first-order valence-electron chi connectivity index (χ1n) is 8.68. The van der Waals surface area contributed by atoms with Crippen LogP contribution in [0.1, 0.15) is 57.9 Å². The van der Waals surface area contributed by atoms with Crippen LogP contribution in [-0.4, -0.2) is 30.1 Å². The van der Waals surface area contributed by atoms with Gasteiger partial charge in [-0.25, -0.2) is 0 Å². The summed E-state index contributed by atoms with van der Waals surface area (Å²) in [5, 5.41) is 0. The minimum atomic E-state index is 0.610. The molecule has 1 fully saturated rings. The van der Waals surface area contributed by atoms with Crippen LogP contribution in [0.5, 0.6) is 0 Å². The fraction of sp³-hybridized carbons (Fsp3) is 0.684. The molecule has 1 aliphatic rings. The van der Waals surface area contributed by atoms with Crippen LogP contribution < -0.4 is 5.73 Å². The lowest BCUT2D eigenvalue weighted by Crippen LogP contribution is -2.49. The van der Waals surface area contributed by atoms with Gasteiger partial charge in [0, 0.05) is 12.1 Å². The molecule has 1 aromatic rings. The van der Waals surface area contributed by atoms with E-state index in [-0.39, 0.29) is 0 Å². The average molecular weight is 288 g/mol. The molecule has 0 aliphatic heterocycles. The summed E-state index contributed by atoms with van der Waals surface area (Å²) in [7, 11) is 0. The van der Waals surface area contributed by atoms with Crippen LogP contribution in [0.4, 0.5) is 0 Å². The Hall–Kier alpha value is -0.860. The van der Waals surface area contributed by atoms with E-state index in [4.69, 9.17) is 5.73 Å². The van der Waals surface area contributed by atoms with E-state index in [1.165, 1.54) is 37.8 Å². The van der Waals surface area contributed by atoms with E-state index in [9.17, 15) is 0 Å². The van der Waals surface area contributed by atoms with Crippen molar-refractivity contribution in [3.05, 3.63) is 35.9 Å². The van der Waals surface area contributed by atoms with Crippen LogP contribution in [0.2, 0.25) is 0 Å². The molecular weight excluding hydrogens is 256 g/mol. The van der Waals surface area contributed by atoms with Gasteiger partial charge in [0.25, 0.3) is 0 Å². The smallest absolute Gasteiger partial charge is 0.0144 e. The number of hydrogen-bond acceptors (Lipinski definition) is 2. The molecule has 0 heterocycles. The van der Waals surface area contributed by atoms with E-state index >= 15 is 0 Å². The predicted octanol–water partition coefficient (Wildman–Crippen LogP) is 4.02. The van der Waals surface area contributed by atoms with Gasteiger partial charge in [0.2, 0.25) is 0 Å². The first-order valence-corrected chi connectivity index (χ1v) is 8.68. The van der Waals surface area contributed by atoms with Gasteiger partial charge in [0.05, 0.1) is 0 Å². The summed E-state index contributed by atoms with van der Waals surface area (Å²) in [6.45, 7) is 8.97. The summed E-state index contributed by atoms with van der Waals surface area (Å²) < 4.78 is 0. The second-order valence-electron chi connectivity index (χ2n) is 6.82. The molecule has 0 amide bonds. The van der Waals surface area contributed by atoms with Crippen molar-refractivity contribution in [2.24, 2.45) is 11.7 Å². The van der Waals surface area contributed by atoms with Gasteiger partial charge in [0.1, 0.15) is 0 Å². The zero-order chi connectivity index (χ0) is 15.2. The Kier molecular flexibility index (Phi) is 6.25. The first-order chi connectivity index (χ1) is 10.2. The highest BCUT2D eigenvalue weighted by atomic mass is 15.2. The van der Waals surface area contributed by atoms with Gasteiger partial charge in [-0.3, -0.25) is 4.90 Å². The Morgan fingerprint density at radius 3 is 2.48 bits per heavy atom. The van der Waals surface area contributed by atoms with Gasteiger partial charge >= 0.3 is 0 Å². The molecule has 0 aromatic heterocycles. The van der Waals surface area contributed by atoms with Crippen molar-refractivity contribution in [1.29, 1.82) is 0 Å². The lowest BCUT2D eigenvalue weighted by molar-refractivity contribution is 0.0708. The zero-order valence-electron chi connectivity index (χ0n) is 14.0. The fourth-order valence-corrected chi connectivity index (χ4v) is 3.98. The third kappa shape index (κ3) is 4.08. The molecule has 3 unspecified atom stereocenters. The minimum absolute atomic E-state index is 0.610. The van der Waals surface area contributed by atoms with Crippen LogP contribution in [0.25, 0.3) is 0 Å². The SMILES string of the molecule is CCCN(C(C)C)C1CC(c2ccccc2)CCC1CN. The highest BCUT2D eigenvalue weighted by molar-refractivity contribution is 5.20. The highest BCUT2D eigenvalue weighted by Gasteiger charge is 2.34. The molecule has 2 heteroatoms. The Bertz CT molecular complexity index is 401. The molecule has 0 bridgehead atoms. The predicted molar refractivity (Wildman–Crippen MR) is 91.5 cm³/mol. The Balaban J connectivity index is 2.15. The van der Waals surface area contributed by atoms with Gasteiger partial charge in [-0.15, -0.1) is 0 Å². The van der Waals surface area contributed by atoms with Crippen molar-refractivity contribution < 1.29 is 0 Å². The maximum atomic E-state index is 6.09.